The summed E-state index contributed by atoms with van der Waals surface area (Å²) in [6, 6.07) is 7.26. The Morgan fingerprint density at radius 2 is 1.67 bits per heavy atom. The zero-order valence-electron chi connectivity index (χ0n) is 18.4. The quantitative estimate of drug-likeness (QED) is 0.241. The number of amides is 1. The first kappa shape index (κ1) is 25.4. The Morgan fingerprint density at radius 1 is 0.967 bits per heavy atom. The van der Waals surface area contributed by atoms with Crippen LogP contribution in [0.4, 0.5) is 0 Å². The number of aryl methyl sites for hydroxylation is 1. The topological polar surface area (TPSA) is 72.9 Å². The molecule has 6 heteroatoms. The summed E-state index contributed by atoms with van der Waals surface area (Å²) in [6.45, 7) is 7.73. The molecule has 0 radical (unpaired) electrons. The van der Waals surface area contributed by atoms with Gasteiger partial charge in [0, 0.05) is 12.0 Å². The summed E-state index contributed by atoms with van der Waals surface area (Å²) in [6.07, 6.45) is 7.98. The van der Waals surface area contributed by atoms with Gasteiger partial charge in [-0.2, -0.15) is 0 Å². The average molecular weight is 418 g/mol. The van der Waals surface area contributed by atoms with Gasteiger partial charge in [0.2, 0.25) is 0 Å². The van der Waals surface area contributed by atoms with Crippen LogP contribution in [0.1, 0.15) is 68.3 Å². The fourth-order valence-electron chi connectivity index (χ4n) is 2.89. The molecular weight excluding hydrogens is 382 g/mol. The van der Waals surface area contributed by atoms with Crippen LogP contribution in [-0.2, 0) is 25.5 Å². The largest absolute Gasteiger partial charge is 0.464 e. The van der Waals surface area contributed by atoms with E-state index in [9.17, 15) is 14.4 Å². The summed E-state index contributed by atoms with van der Waals surface area (Å²) in [7, 11) is 0. The third kappa shape index (κ3) is 10.2. The molecule has 0 aromatic heterocycles. The second kappa shape index (κ2) is 15.2. The van der Waals surface area contributed by atoms with Gasteiger partial charge in [-0.1, -0.05) is 64.3 Å². The van der Waals surface area contributed by atoms with Gasteiger partial charge >= 0.3 is 11.9 Å². The molecule has 30 heavy (non-hydrogen) atoms. The zero-order chi connectivity index (χ0) is 22.2. The van der Waals surface area contributed by atoms with Crippen molar-refractivity contribution in [3.8, 4) is 0 Å². The van der Waals surface area contributed by atoms with Crippen molar-refractivity contribution in [2.24, 2.45) is 0 Å². The molecule has 0 spiro atoms. The van der Waals surface area contributed by atoms with Crippen LogP contribution in [0.2, 0.25) is 0 Å². The van der Waals surface area contributed by atoms with Crippen molar-refractivity contribution in [1.29, 1.82) is 0 Å². The molecule has 6 nitrogen and oxygen atoms in total. The predicted molar refractivity (Wildman–Crippen MR) is 117 cm³/mol. The highest BCUT2D eigenvalue weighted by atomic mass is 16.5. The number of hydrogen-bond acceptors (Lipinski definition) is 5. The van der Waals surface area contributed by atoms with Gasteiger partial charge < -0.3 is 14.4 Å². The molecule has 0 unspecified atom stereocenters. The van der Waals surface area contributed by atoms with Gasteiger partial charge in [-0.05, 0) is 30.5 Å². The molecule has 0 aliphatic rings. The molecule has 0 atom stereocenters. The highest BCUT2D eigenvalue weighted by molar-refractivity contribution is 5.96. The average Bonchev–Trinajstić information content (AvgIpc) is 2.76. The van der Waals surface area contributed by atoms with Crippen LogP contribution in [0.5, 0.6) is 0 Å². The fraction of sp³-hybridized carbons (Fsp3) is 0.542. The summed E-state index contributed by atoms with van der Waals surface area (Å²) in [5.41, 5.74) is 1.60. The summed E-state index contributed by atoms with van der Waals surface area (Å²) in [4.78, 5) is 38.1. The van der Waals surface area contributed by atoms with Crippen LogP contribution < -0.4 is 0 Å². The molecular formula is C24H35NO5. The molecule has 1 amide bonds. The predicted octanol–water partition coefficient (Wildman–Crippen LogP) is 4.32. The Labute approximate surface area is 180 Å². The van der Waals surface area contributed by atoms with Crippen molar-refractivity contribution >= 4 is 17.8 Å². The second-order valence-corrected chi connectivity index (χ2v) is 7.13. The van der Waals surface area contributed by atoms with E-state index in [4.69, 9.17) is 9.47 Å². The van der Waals surface area contributed by atoms with Crippen LogP contribution >= 0.6 is 0 Å². The minimum atomic E-state index is -0.532. The Bertz CT molecular complexity index is 669. The first-order valence-corrected chi connectivity index (χ1v) is 10.8. The highest BCUT2D eigenvalue weighted by Gasteiger charge is 2.20. The van der Waals surface area contributed by atoms with E-state index >= 15 is 0 Å². The Morgan fingerprint density at radius 3 is 2.30 bits per heavy atom. The number of esters is 2. The van der Waals surface area contributed by atoms with Crippen molar-refractivity contribution in [2.45, 2.75) is 58.8 Å². The van der Waals surface area contributed by atoms with Crippen LogP contribution in [0.3, 0.4) is 0 Å². The molecule has 166 valence electrons. The molecule has 1 aromatic carbocycles. The van der Waals surface area contributed by atoms with Gasteiger partial charge in [-0.15, -0.1) is 0 Å². The van der Waals surface area contributed by atoms with E-state index in [1.54, 1.807) is 12.1 Å². The van der Waals surface area contributed by atoms with Crippen molar-refractivity contribution in [1.82, 2.24) is 4.90 Å². The minimum Gasteiger partial charge on any atom is -0.464 e. The fourth-order valence-corrected chi connectivity index (χ4v) is 2.89. The van der Waals surface area contributed by atoms with Gasteiger partial charge in [0.1, 0.15) is 19.8 Å². The SMILES string of the molecule is C=CCOC(=O)CN(CCOC(=O)CCCCCCC)C(=O)c1ccc(CC)cc1. The summed E-state index contributed by atoms with van der Waals surface area (Å²) in [5, 5.41) is 0. The Balaban J connectivity index is 2.60. The van der Waals surface area contributed by atoms with Crippen LogP contribution in [-0.4, -0.2) is 49.0 Å². The number of hydrogen-bond donors (Lipinski definition) is 0. The molecule has 0 saturated carbocycles. The molecule has 1 rings (SSSR count). The third-order valence-electron chi connectivity index (χ3n) is 4.69. The molecule has 1 aromatic rings. The summed E-state index contributed by atoms with van der Waals surface area (Å²) in [5.74, 6) is -1.11. The number of carbonyl (C=O) groups is 3. The molecule has 0 heterocycles. The minimum absolute atomic E-state index is 0.0430. The smallest absolute Gasteiger partial charge is 0.325 e. The van der Waals surface area contributed by atoms with Gasteiger partial charge in [-0.25, -0.2) is 0 Å². The van der Waals surface area contributed by atoms with Crippen molar-refractivity contribution < 1.29 is 23.9 Å². The number of benzene rings is 1. The van der Waals surface area contributed by atoms with Gasteiger partial charge in [0.15, 0.2) is 0 Å². The van der Waals surface area contributed by atoms with Gasteiger partial charge in [-0.3, -0.25) is 14.4 Å². The van der Waals surface area contributed by atoms with Crippen molar-refractivity contribution in [3.05, 3.63) is 48.0 Å². The molecule has 0 bridgehead atoms. The van der Waals surface area contributed by atoms with E-state index in [0.717, 1.165) is 37.7 Å². The van der Waals surface area contributed by atoms with Crippen molar-refractivity contribution in [3.63, 3.8) is 0 Å². The normalized spacial score (nSPS) is 10.3. The van der Waals surface area contributed by atoms with Crippen LogP contribution in [0.25, 0.3) is 0 Å². The maximum absolute atomic E-state index is 12.9. The van der Waals surface area contributed by atoms with E-state index < -0.39 is 5.97 Å². The molecule has 0 aliphatic carbocycles. The lowest BCUT2D eigenvalue weighted by atomic mass is 10.1. The lowest BCUT2D eigenvalue weighted by molar-refractivity contribution is -0.144. The van der Waals surface area contributed by atoms with E-state index in [2.05, 4.69) is 13.5 Å². The van der Waals surface area contributed by atoms with E-state index in [1.165, 1.54) is 17.4 Å². The monoisotopic (exact) mass is 417 g/mol. The summed E-state index contributed by atoms with van der Waals surface area (Å²) >= 11 is 0. The number of nitrogens with zero attached hydrogens (tertiary/aromatic N) is 1. The molecule has 0 N–H and O–H groups in total. The number of rotatable bonds is 15. The van der Waals surface area contributed by atoms with Gasteiger partial charge in [0.05, 0.1) is 6.54 Å². The standard InChI is InChI=1S/C24H35NO5/c1-4-7-8-9-10-11-22(26)30-18-16-25(19-23(27)29-17-5-2)24(28)21-14-12-20(6-3)13-15-21/h5,12-15H,2,4,6-11,16-19H2,1,3H3. The molecule has 0 fully saturated rings. The number of ether oxygens (including phenoxy) is 2. The maximum atomic E-state index is 12.9. The molecule has 0 aliphatic heterocycles. The summed E-state index contributed by atoms with van der Waals surface area (Å²) < 4.78 is 10.3. The number of carbonyl (C=O) groups excluding carboxylic acids is 3. The Kier molecular flexibility index (Phi) is 12.9. The first-order chi connectivity index (χ1) is 14.5. The van der Waals surface area contributed by atoms with Gasteiger partial charge in [0.25, 0.3) is 5.91 Å². The number of unbranched alkanes of at least 4 members (excludes halogenated alkanes) is 4. The molecule has 0 saturated heterocycles. The van der Waals surface area contributed by atoms with E-state index in [0.29, 0.717) is 12.0 Å². The maximum Gasteiger partial charge on any atom is 0.325 e. The third-order valence-corrected chi connectivity index (χ3v) is 4.69. The van der Waals surface area contributed by atoms with Crippen molar-refractivity contribution in [2.75, 3.05) is 26.3 Å². The van der Waals surface area contributed by atoms with E-state index in [-0.39, 0.29) is 38.2 Å². The lowest BCUT2D eigenvalue weighted by Gasteiger charge is -2.22. The zero-order valence-corrected chi connectivity index (χ0v) is 18.4. The Hall–Kier alpha value is -2.63. The first-order valence-electron chi connectivity index (χ1n) is 10.8. The van der Waals surface area contributed by atoms with Crippen LogP contribution in [0, 0.1) is 0 Å². The highest BCUT2D eigenvalue weighted by Crippen LogP contribution is 2.10. The van der Waals surface area contributed by atoms with E-state index in [1.807, 2.05) is 19.1 Å². The lowest BCUT2D eigenvalue weighted by Crippen LogP contribution is -2.39. The van der Waals surface area contributed by atoms with Crippen LogP contribution in [0.15, 0.2) is 36.9 Å². The second-order valence-electron chi connectivity index (χ2n) is 7.13.